The van der Waals surface area contributed by atoms with E-state index in [1.807, 2.05) is 49.4 Å². The highest BCUT2D eigenvalue weighted by Gasteiger charge is 2.29. The van der Waals surface area contributed by atoms with E-state index in [2.05, 4.69) is 15.9 Å². The highest BCUT2D eigenvalue weighted by molar-refractivity contribution is 9.10. The summed E-state index contributed by atoms with van der Waals surface area (Å²) in [6, 6.07) is 19.8. The fraction of sp³-hybridized carbons (Fsp3) is 0.111. The maximum absolute atomic E-state index is 12.9. The minimum atomic E-state index is -0.212. The molecule has 0 saturated carbocycles. The maximum atomic E-state index is 12.9. The van der Waals surface area contributed by atoms with Gasteiger partial charge in [-0.05, 0) is 55.0 Å². The molecular formula is C27H19BrO5. The van der Waals surface area contributed by atoms with E-state index in [9.17, 15) is 9.59 Å². The number of carbonyl (C=O) groups excluding carboxylic acids is 2. The Labute approximate surface area is 199 Å². The van der Waals surface area contributed by atoms with Crippen LogP contribution < -0.4 is 14.2 Å². The van der Waals surface area contributed by atoms with Crippen LogP contribution in [0.5, 0.6) is 17.2 Å². The number of ether oxygens (including phenoxy) is 3. The van der Waals surface area contributed by atoms with Gasteiger partial charge >= 0.3 is 0 Å². The Morgan fingerprint density at radius 1 is 1.06 bits per heavy atom. The summed E-state index contributed by atoms with van der Waals surface area (Å²) in [6.45, 7) is 1.82. The van der Waals surface area contributed by atoms with Crippen LogP contribution in [0.25, 0.3) is 6.08 Å². The lowest BCUT2D eigenvalue weighted by Crippen LogP contribution is -2.18. The van der Waals surface area contributed by atoms with Gasteiger partial charge in [-0.3, -0.25) is 9.59 Å². The van der Waals surface area contributed by atoms with Crippen molar-refractivity contribution in [3.63, 3.8) is 0 Å². The fourth-order valence-electron chi connectivity index (χ4n) is 3.70. The topological polar surface area (TPSA) is 61.8 Å². The number of fused-ring (bicyclic) bond motifs is 2. The monoisotopic (exact) mass is 502 g/mol. The maximum Gasteiger partial charge on any atom is 0.231 e. The molecule has 3 aromatic carbocycles. The third kappa shape index (κ3) is 4.34. The number of hydrogen-bond acceptors (Lipinski definition) is 5. The number of Topliss-reactive ketones (excluding diaryl/α,β-unsaturated/α-hetero) is 2. The molecule has 5 rings (SSSR count). The number of hydrogen-bond donors (Lipinski definition) is 0. The Hall–Kier alpha value is -3.64. The zero-order valence-corrected chi connectivity index (χ0v) is 19.3. The van der Waals surface area contributed by atoms with Gasteiger partial charge in [0.1, 0.15) is 23.4 Å². The number of halogens is 1. The smallest absolute Gasteiger partial charge is 0.231 e. The van der Waals surface area contributed by atoms with Crippen molar-refractivity contribution >= 4 is 33.6 Å². The first-order valence-corrected chi connectivity index (χ1v) is 11.2. The van der Waals surface area contributed by atoms with Crippen LogP contribution in [0, 0.1) is 0 Å². The Morgan fingerprint density at radius 3 is 2.67 bits per heavy atom. The third-order valence-corrected chi connectivity index (χ3v) is 6.02. The number of carbonyl (C=O) groups is 2. The van der Waals surface area contributed by atoms with Gasteiger partial charge in [0.25, 0.3) is 0 Å². The molecule has 3 aromatic rings. The predicted octanol–water partition coefficient (Wildman–Crippen LogP) is 6.03. The molecule has 0 fully saturated rings. The molecule has 0 radical (unpaired) electrons. The van der Waals surface area contributed by atoms with Crippen LogP contribution in [0.3, 0.4) is 0 Å². The quantitative estimate of drug-likeness (QED) is 0.314. The van der Waals surface area contributed by atoms with E-state index in [1.165, 1.54) is 0 Å². The molecular weight excluding hydrogens is 484 g/mol. The van der Waals surface area contributed by atoms with Gasteiger partial charge in [-0.2, -0.15) is 0 Å². The standard InChI is InChI=1S/C27H19BrO5/c1-16-19(12-18-4-2-3-5-24(18)32-16)13-26-27(30)22-11-10-21(14-25(22)33-26)31-15-23(29)17-6-8-20(28)9-7-17/h2-14,16H,15H2,1H3/b26-13-/t16-/m1/s1. The van der Waals surface area contributed by atoms with Crippen molar-refractivity contribution in [1.29, 1.82) is 0 Å². The molecule has 2 aliphatic rings. The second-order valence-electron chi connectivity index (χ2n) is 7.76. The second kappa shape index (κ2) is 8.71. The van der Waals surface area contributed by atoms with E-state index in [1.54, 1.807) is 36.4 Å². The zero-order chi connectivity index (χ0) is 22.9. The van der Waals surface area contributed by atoms with Crippen molar-refractivity contribution in [2.45, 2.75) is 13.0 Å². The molecule has 0 saturated heterocycles. The average molecular weight is 503 g/mol. The summed E-state index contributed by atoms with van der Waals surface area (Å²) >= 11 is 3.35. The van der Waals surface area contributed by atoms with Gasteiger partial charge in [-0.25, -0.2) is 0 Å². The fourth-order valence-corrected chi connectivity index (χ4v) is 3.96. The molecule has 0 aliphatic carbocycles. The van der Waals surface area contributed by atoms with Gasteiger partial charge in [0.2, 0.25) is 5.78 Å². The van der Waals surface area contributed by atoms with Crippen LogP contribution in [0.1, 0.15) is 33.2 Å². The molecule has 0 unspecified atom stereocenters. The van der Waals surface area contributed by atoms with Crippen molar-refractivity contribution in [3.05, 3.63) is 105 Å². The molecule has 1 atom stereocenters. The van der Waals surface area contributed by atoms with Crippen molar-refractivity contribution in [2.24, 2.45) is 0 Å². The Bertz CT molecular complexity index is 1320. The highest BCUT2D eigenvalue weighted by atomic mass is 79.9. The molecule has 0 N–H and O–H groups in total. The third-order valence-electron chi connectivity index (χ3n) is 5.49. The van der Waals surface area contributed by atoms with E-state index in [0.717, 1.165) is 21.4 Å². The van der Waals surface area contributed by atoms with Crippen molar-refractivity contribution in [1.82, 2.24) is 0 Å². The number of para-hydroxylation sites is 1. The number of allylic oxidation sites excluding steroid dienone is 1. The van der Waals surface area contributed by atoms with Gasteiger partial charge in [0, 0.05) is 21.7 Å². The van der Waals surface area contributed by atoms with Crippen molar-refractivity contribution < 1.29 is 23.8 Å². The predicted molar refractivity (Wildman–Crippen MR) is 128 cm³/mol. The van der Waals surface area contributed by atoms with Crippen LogP contribution in [0.4, 0.5) is 0 Å². The first-order valence-electron chi connectivity index (χ1n) is 10.4. The Balaban J connectivity index is 1.31. The summed E-state index contributed by atoms with van der Waals surface area (Å²) in [7, 11) is 0. The molecule has 0 aromatic heterocycles. The summed E-state index contributed by atoms with van der Waals surface area (Å²) in [5, 5.41) is 0. The van der Waals surface area contributed by atoms with Gasteiger partial charge < -0.3 is 14.2 Å². The number of benzene rings is 3. The van der Waals surface area contributed by atoms with Crippen LogP contribution in [-0.4, -0.2) is 24.3 Å². The molecule has 2 heterocycles. The SMILES string of the molecule is C[C@H]1Oc2ccccc2C=C1/C=C1\Oc2cc(OCC(=O)c3ccc(Br)cc3)ccc2C1=O. The van der Waals surface area contributed by atoms with E-state index >= 15 is 0 Å². The van der Waals surface area contributed by atoms with E-state index in [4.69, 9.17) is 14.2 Å². The average Bonchev–Trinajstić information content (AvgIpc) is 3.13. The summed E-state index contributed by atoms with van der Waals surface area (Å²) in [4.78, 5) is 25.2. The highest BCUT2D eigenvalue weighted by Crippen LogP contribution is 2.36. The van der Waals surface area contributed by atoms with E-state index < -0.39 is 0 Å². The van der Waals surface area contributed by atoms with E-state index in [0.29, 0.717) is 22.6 Å². The molecule has 0 amide bonds. The van der Waals surface area contributed by atoms with Crippen LogP contribution >= 0.6 is 15.9 Å². The summed E-state index contributed by atoms with van der Waals surface area (Å²) < 4.78 is 18.3. The number of ketones is 2. The summed E-state index contributed by atoms with van der Waals surface area (Å²) in [5.41, 5.74) is 2.82. The second-order valence-corrected chi connectivity index (χ2v) is 8.67. The Kier molecular flexibility index (Phi) is 5.60. The lowest BCUT2D eigenvalue weighted by molar-refractivity contribution is 0.0921. The van der Waals surface area contributed by atoms with Crippen LogP contribution in [0.2, 0.25) is 0 Å². The zero-order valence-electron chi connectivity index (χ0n) is 17.7. The lowest BCUT2D eigenvalue weighted by Gasteiger charge is -2.22. The number of rotatable bonds is 5. The summed E-state index contributed by atoms with van der Waals surface area (Å²) in [6.07, 6.45) is 3.51. The van der Waals surface area contributed by atoms with Gasteiger partial charge in [0.15, 0.2) is 18.1 Å². The van der Waals surface area contributed by atoms with Gasteiger partial charge in [-0.1, -0.05) is 46.3 Å². The molecule has 2 aliphatic heterocycles. The van der Waals surface area contributed by atoms with E-state index in [-0.39, 0.29) is 30.0 Å². The lowest BCUT2D eigenvalue weighted by atomic mass is 10.0. The van der Waals surface area contributed by atoms with Gasteiger partial charge in [0.05, 0.1) is 5.56 Å². The largest absolute Gasteiger partial charge is 0.485 e. The van der Waals surface area contributed by atoms with Crippen LogP contribution in [0.15, 0.2) is 88.6 Å². The molecule has 0 bridgehead atoms. The normalized spacial score (nSPS) is 17.5. The minimum absolute atomic E-state index is 0.113. The van der Waals surface area contributed by atoms with Crippen LogP contribution in [-0.2, 0) is 0 Å². The summed E-state index contributed by atoms with van der Waals surface area (Å²) in [5.74, 6) is 1.57. The first kappa shape index (κ1) is 21.2. The molecule has 6 heteroatoms. The first-order chi connectivity index (χ1) is 16.0. The van der Waals surface area contributed by atoms with Crippen molar-refractivity contribution in [2.75, 3.05) is 6.61 Å². The van der Waals surface area contributed by atoms with Gasteiger partial charge in [-0.15, -0.1) is 0 Å². The molecule has 0 spiro atoms. The van der Waals surface area contributed by atoms with Crippen molar-refractivity contribution in [3.8, 4) is 17.2 Å². The molecule has 164 valence electrons. The Morgan fingerprint density at radius 2 is 1.85 bits per heavy atom. The molecule has 33 heavy (non-hydrogen) atoms. The minimum Gasteiger partial charge on any atom is -0.485 e. The molecule has 5 nitrogen and oxygen atoms in total.